The number of rotatable bonds is 8. The van der Waals surface area contributed by atoms with E-state index in [1.807, 2.05) is 12.1 Å². The van der Waals surface area contributed by atoms with E-state index in [0.717, 1.165) is 55.7 Å². The molecule has 0 radical (unpaired) electrons. The number of hydrogen-bond donors (Lipinski definition) is 0. The number of para-hydroxylation sites is 2. The Bertz CT molecular complexity index is 3250. The van der Waals surface area contributed by atoms with Gasteiger partial charge in [0.1, 0.15) is 11.2 Å². The van der Waals surface area contributed by atoms with Crippen molar-refractivity contribution >= 4 is 49.8 Å². The van der Waals surface area contributed by atoms with Crippen LogP contribution in [0.5, 0.6) is 0 Å². The number of fused-ring (bicyclic) bond motifs is 4. The zero-order chi connectivity index (χ0) is 39.8. The van der Waals surface area contributed by atoms with Gasteiger partial charge in [0.25, 0.3) is 0 Å². The zero-order valence-corrected chi connectivity index (χ0v) is 32.9. The molecule has 0 atom stereocenters. The zero-order valence-electron chi connectivity index (χ0n) is 32.9. The van der Waals surface area contributed by atoms with Gasteiger partial charge >= 0.3 is 0 Å². The fourth-order valence-corrected chi connectivity index (χ4v) is 8.72. The first-order chi connectivity index (χ1) is 29.7. The predicted molar refractivity (Wildman–Crippen MR) is 253 cm³/mol. The van der Waals surface area contributed by atoms with E-state index in [-0.39, 0.29) is 0 Å². The molecule has 1 heterocycles. The summed E-state index contributed by atoms with van der Waals surface area (Å²) >= 11 is 0. The van der Waals surface area contributed by atoms with E-state index in [1.54, 1.807) is 0 Å². The fraction of sp³-hybridized carbons (Fsp3) is 0. The molecule has 11 rings (SSSR count). The van der Waals surface area contributed by atoms with Crippen molar-refractivity contribution in [2.45, 2.75) is 0 Å². The quantitative estimate of drug-likeness (QED) is 0.153. The molecule has 0 N–H and O–H groups in total. The minimum Gasteiger partial charge on any atom is -0.456 e. The van der Waals surface area contributed by atoms with Crippen LogP contribution in [-0.2, 0) is 0 Å². The fourth-order valence-electron chi connectivity index (χ4n) is 8.72. The van der Waals surface area contributed by atoms with Crippen molar-refractivity contribution in [3.8, 4) is 55.6 Å². The van der Waals surface area contributed by atoms with Gasteiger partial charge in [0.15, 0.2) is 0 Å². The minimum atomic E-state index is 0.874. The van der Waals surface area contributed by atoms with Crippen LogP contribution in [0.25, 0.3) is 88.3 Å². The van der Waals surface area contributed by atoms with Crippen LogP contribution in [0.3, 0.4) is 0 Å². The van der Waals surface area contributed by atoms with E-state index >= 15 is 0 Å². The van der Waals surface area contributed by atoms with Crippen molar-refractivity contribution in [1.82, 2.24) is 0 Å². The van der Waals surface area contributed by atoms with Gasteiger partial charge in [-0.1, -0.05) is 170 Å². The van der Waals surface area contributed by atoms with Gasteiger partial charge in [-0.15, -0.1) is 0 Å². The molecule has 0 saturated carbocycles. The molecule has 0 aliphatic heterocycles. The van der Waals surface area contributed by atoms with Gasteiger partial charge in [0.05, 0.1) is 5.69 Å². The molecule has 0 spiro atoms. The molecule has 2 nitrogen and oxygen atoms in total. The van der Waals surface area contributed by atoms with Crippen molar-refractivity contribution in [2.24, 2.45) is 0 Å². The highest BCUT2D eigenvalue weighted by atomic mass is 16.3. The maximum atomic E-state index is 6.31. The number of hydrogen-bond acceptors (Lipinski definition) is 2. The van der Waals surface area contributed by atoms with Crippen LogP contribution in [0.4, 0.5) is 17.1 Å². The Morgan fingerprint density at radius 1 is 0.267 bits per heavy atom. The van der Waals surface area contributed by atoms with Crippen molar-refractivity contribution in [3.63, 3.8) is 0 Å². The molecular weight excluding hydrogens is 727 g/mol. The largest absolute Gasteiger partial charge is 0.456 e. The third-order valence-electron chi connectivity index (χ3n) is 11.6. The summed E-state index contributed by atoms with van der Waals surface area (Å²) in [5.74, 6) is 0. The van der Waals surface area contributed by atoms with Crippen LogP contribution in [-0.4, -0.2) is 0 Å². The summed E-state index contributed by atoms with van der Waals surface area (Å²) in [7, 11) is 0. The van der Waals surface area contributed by atoms with Crippen LogP contribution in [0.15, 0.2) is 241 Å². The molecule has 11 aromatic rings. The summed E-state index contributed by atoms with van der Waals surface area (Å²) < 4.78 is 6.31. The summed E-state index contributed by atoms with van der Waals surface area (Å²) in [6.07, 6.45) is 0. The topological polar surface area (TPSA) is 16.4 Å². The van der Waals surface area contributed by atoms with E-state index in [0.29, 0.717) is 0 Å². The highest BCUT2D eigenvalue weighted by Gasteiger charge is 2.20. The van der Waals surface area contributed by atoms with Gasteiger partial charge in [-0.2, -0.15) is 0 Å². The van der Waals surface area contributed by atoms with Crippen LogP contribution >= 0.6 is 0 Å². The summed E-state index contributed by atoms with van der Waals surface area (Å²) in [6.45, 7) is 0. The molecule has 0 aliphatic carbocycles. The number of nitrogens with zero attached hydrogens (tertiary/aromatic N) is 1. The lowest BCUT2D eigenvalue weighted by Crippen LogP contribution is -2.11. The Kier molecular flexibility index (Phi) is 8.87. The molecule has 0 aliphatic rings. The average Bonchev–Trinajstić information content (AvgIpc) is 3.70. The molecule has 60 heavy (non-hydrogen) atoms. The van der Waals surface area contributed by atoms with Crippen LogP contribution < -0.4 is 4.90 Å². The first-order valence-corrected chi connectivity index (χ1v) is 20.5. The Morgan fingerprint density at radius 2 is 0.750 bits per heavy atom. The Balaban J connectivity index is 1.06. The Hall–Kier alpha value is -7.94. The summed E-state index contributed by atoms with van der Waals surface area (Å²) in [5, 5.41) is 4.68. The summed E-state index contributed by atoms with van der Waals surface area (Å²) in [4.78, 5) is 2.39. The van der Waals surface area contributed by atoms with Crippen molar-refractivity contribution in [3.05, 3.63) is 237 Å². The van der Waals surface area contributed by atoms with E-state index in [2.05, 4.69) is 229 Å². The molecule has 1 aromatic heterocycles. The second kappa shape index (κ2) is 15.1. The Labute approximate surface area is 349 Å². The van der Waals surface area contributed by atoms with Crippen LogP contribution in [0.2, 0.25) is 0 Å². The number of furan rings is 1. The molecule has 0 saturated heterocycles. The summed E-state index contributed by atoms with van der Waals surface area (Å²) in [6, 6.07) is 85.0. The number of benzene rings is 10. The lowest BCUT2D eigenvalue weighted by Gasteiger charge is -2.28. The minimum absolute atomic E-state index is 0.874. The summed E-state index contributed by atoms with van der Waals surface area (Å²) in [5.41, 5.74) is 16.8. The number of anilines is 3. The van der Waals surface area contributed by atoms with E-state index < -0.39 is 0 Å². The predicted octanol–water partition coefficient (Wildman–Crippen LogP) is 16.5. The van der Waals surface area contributed by atoms with E-state index in [9.17, 15) is 0 Å². The first kappa shape index (κ1) is 35.2. The molecule has 282 valence electrons. The highest BCUT2D eigenvalue weighted by molar-refractivity contribution is 6.07. The second-order valence-corrected chi connectivity index (χ2v) is 15.3. The SMILES string of the molecule is c1ccc(-c2cc(-c3ccccc3)cc(-c3ccc(N(c4ccc5oc6ccccc6c5c4)c4ccccc4-c4cccc(-c5cccc6ccccc56)c4)cc3)c2)cc1. The second-order valence-electron chi connectivity index (χ2n) is 15.3. The normalized spacial score (nSPS) is 11.3. The van der Waals surface area contributed by atoms with Gasteiger partial charge in [0.2, 0.25) is 0 Å². The molecular formula is C58H39NO. The lowest BCUT2D eigenvalue weighted by atomic mass is 9.93. The first-order valence-electron chi connectivity index (χ1n) is 20.5. The maximum absolute atomic E-state index is 6.31. The molecule has 0 amide bonds. The van der Waals surface area contributed by atoms with Gasteiger partial charge in [-0.05, 0) is 128 Å². The van der Waals surface area contributed by atoms with Gasteiger partial charge in [-0.3, -0.25) is 0 Å². The van der Waals surface area contributed by atoms with E-state index in [4.69, 9.17) is 4.42 Å². The smallest absolute Gasteiger partial charge is 0.135 e. The molecule has 2 heteroatoms. The van der Waals surface area contributed by atoms with Gasteiger partial charge in [0, 0.05) is 27.7 Å². The standard InChI is InChI=1S/C58H39NO/c1-3-15-40(16-4-1)46-36-47(41-17-5-2-6-18-41)38-48(37-46)42-29-31-49(32-30-42)59(50-33-34-58-55(39-50)54-25-10-12-28-57(54)60-58)56-27-11-9-24-53(56)45-22-13-21-44(35-45)52-26-14-20-43-19-7-8-23-51(43)52/h1-39H. The van der Waals surface area contributed by atoms with Crippen LogP contribution in [0.1, 0.15) is 0 Å². The lowest BCUT2D eigenvalue weighted by molar-refractivity contribution is 0.669. The average molecular weight is 766 g/mol. The molecule has 0 fully saturated rings. The molecule has 0 unspecified atom stereocenters. The highest BCUT2D eigenvalue weighted by Crippen LogP contribution is 2.44. The van der Waals surface area contributed by atoms with Crippen molar-refractivity contribution in [1.29, 1.82) is 0 Å². The van der Waals surface area contributed by atoms with Gasteiger partial charge in [-0.25, -0.2) is 0 Å². The molecule has 10 aromatic carbocycles. The van der Waals surface area contributed by atoms with Gasteiger partial charge < -0.3 is 9.32 Å². The Morgan fingerprint density at radius 3 is 1.48 bits per heavy atom. The van der Waals surface area contributed by atoms with Crippen LogP contribution in [0, 0.1) is 0 Å². The van der Waals surface area contributed by atoms with Crippen molar-refractivity contribution in [2.75, 3.05) is 4.90 Å². The van der Waals surface area contributed by atoms with E-state index in [1.165, 1.54) is 49.7 Å². The monoisotopic (exact) mass is 765 g/mol. The molecule has 0 bridgehead atoms. The third-order valence-corrected chi connectivity index (χ3v) is 11.6. The third kappa shape index (κ3) is 6.51. The maximum Gasteiger partial charge on any atom is 0.135 e. The van der Waals surface area contributed by atoms with Crippen molar-refractivity contribution < 1.29 is 4.42 Å².